The molecule has 3 atom stereocenters. The minimum Gasteiger partial charge on any atom is -0.370 e. The van der Waals surface area contributed by atoms with Crippen LogP contribution in [0.2, 0.25) is 10.2 Å². The van der Waals surface area contributed by atoms with Crippen molar-refractivity contribution < 1.29 is 14.4 Å². The number of nitrogens with zero attached hydrogens (tertiary/aromatic N) is 3. The lowest BCUT2D eigenvalue weighted by molar-refractivity contribution is -0.136. The maximum absolute atomic E-state index is 13.0. The summed E-state index contributed by atoms with van der Waals surface area (Å²) >= 11 is 11.8. The van der Waals surface area contributed by atoms with Crippen LogP contribution in [0.15, 0.2) is 42.5 Å². The van der Waals surface area contributed by atoms with Gasteiger partial charge in [-0.3, -0.25) is 19.3 Å². The number of likely N-dealkylation sites (tertiary alicyclic amines) is 1. The Labute approximate surface area is 227 Å². The minimum absolute atomic E-state index is 0.0586. The molecule has 0 spiro atoms. The van der Waals surface area contributed by atoms with E-state index in [4.69, 9.17) is 34.7 Å². The molecule has 0 aliphatic carbocycles. The molecule has 1 aliphatic heterocycles. The molecule has 1 aromatic heterocycles. The van der Waals surface area contributed by atoms with E-state index in [-0.39, 0.29) is 30.2 Å². The van der Waals surface area contributed by atoms with Crippen LogP contribution in [-0.4, -0.2) is 70.8 Å². The Bertz CT molecular complexity index is 1060. The van der Waals surface area contributed by atoms with Gasteiger partial charge in [-0.05, 0) is 43.4 Å². The topological polar surface area (TPSA) is 135 Å². The molecule has 1 aromatic carbocycles. The van der Waals surface area contributed by atoms with Crippen LogP contribution in [0, 0.1) is 0 Å². The van der Waals surface area contributed by atoms with Crippen molar-refractivity contribution in [2.24, 2.45) is 11.5 Å². The monoisotopic (exact) mass is 548 g/mol. The molecule has 37 heavy (non-hydrogen) atoms. The number of carbonyl (C=O) groups is 3. The Morgan fingerprint density at radius 3 is 2.57 bits per heavy atom. The number of halogens is 2. The first kappa shape index (κ1) is 28.8. The highest BCUT2D eigenvalue weighted by atomic mass is 35.5. The fraction of sp³-hybridized carbons (Fsp3) is 0.462. The Morgan fingerprint density at radius 2 is 1.95 bits per heavy atom. The molecule has 1 fully saturated rings. The highest BCUT2D eigenvalue weighted by Crippen LogP contribution is 2.21. The molecule has 2 heterocycles. The highest BCUT2D eigenvalue weighted by Gasteiger charge is 2.30. The second kappa shape index (κ2) is 14.3. The lowest BCUT2D eigenvalue weighted by Crippen LogP contribution is -2.49. The van der Waals surface area contributed by atoms with Crippen molar-refractivity contribution in [1.29, 1.82) is 0 Å². The Morgan fingerprint density at radius 1 is 1.19 bits per heavy atom. The third-order valence-corrected chi connectivity index (χ3v) is 7.33. The molecule has 2 unspecified atom stereocenters. The standard InChI is InChI=1S/C26H34Cl2N6O3/c27-22-9-7-20(32-25(22)28)15-31-26(37)23(14-24(30)36)34(17-35)13-11-21(33-12-10-19(29)16-33)8-6-18-4-2-1-3-5-18/h1-5,7,9,17,19,21,23H,6,8,10-16,29H2,(H2,30,36)(H,31,37)/t19?,21?,23-/m1/s1. The van der Waals surface area contributed by atoms with E-state index in [1.165, 1.54) is 10.5 Å². The van der Waals surface area contributed by atoms with Gasteiger partial charge in [0.25, 0.3) is 0 Å². The van der Waals surface area contributed by atoms with E-state index in [1.807, 2.05) is 18.2 Å². The van der Waals surface area contributed by atoms with E-state index in [0.29, 0.717) is 30.1 Å². The molecule has 0 radical (unpaired) electrons. The number of carbonyl (C=O) groups excluding carboxylic acids is 3. The van der Waals surface area contributed by atoms with Gasteiger partial charge < -0.3 is 21.7 Å². The molecule has 1 aliphatic rings. The molecule has 9 nitrogen and oxygen atoms in total. The number of nitrogens with two attached hydrogens (primary N) is 2. The molecule has 11 heteroatoms. The second-order valence-corrected chi connectivity index (χ2v) is 10.1. The van der Waals surface area contributed by atoms with Crippen molar-refractivity contribution in [3.8, 4) is 0 Å². The number of amides is 3. The summed E-state index contributed by atoms with van der Waals surface area (Å²) in [4.78, 5) is 44.7. The zero-order valence-electron chi connectivity index (χ0n) is 20.7. The number of aromatic nitrogens is 1. The summed E-state index contributed by atoms with van der Waals surface area (Å²) in [7, 11) is 0. The largest absolute Gasteiger partial charge is 0.370 e. The van der Waals surface area contributed by atoms with Crippen molar-refractivity contribution in [2.75, 3.05) is 19.6 Å². The molecule has 0 bridgehead atoms. The van der Waals surface area contributed by atoms with E-state index in [0.717, 1.165) is 32.4 Å². The van der Waals surface area contributed by atoms with Gasteiger partial charge in [-0.2, -0.15) is 0 Å². The summed E-state index contributed by atoms with van der Waals surface area (Å²) in [5, 5.41) is 3.15. The number of nitrogens with one attached hydrogen (secondary N) is 1. The zero-order chi connectivity index (χ0) is 26.8. The van der Waals surface area contributed by atoms with Gasteiger partial charge in [0, 0.05) is 31.7 Å². The van der Waals surface area contributed by atoms with Crippen LogP contribution in [-0.2, 0) is 27.3 Å². The number of rotatable bonds is 14. The molecule has 5 N–H and O–H groups in total. The summed E-state index contributed by atoms with van der Waals surface area (Å²) in [6, 6.07) is 12.7. The normalized spacial score (nSPS) is 17.2. The Kier molecular flexibility index (Phi) is 11.1. The maximum atomic E-state index is 13.0. The van der Waals surface area contributed by atoms with Gasteiger partial charge in [-0.25, -0.2) is 4.98 Å². The van der Waals surface area contributed by atoms with Crippen LogP contribution < -0.4 is 16.8 Å². The number of primary amides is 1. The highest BCUT2D eigenvalue weighted by molar-refractivity contribution is 6.41. The van der Waals surface area contributed by atoms with E-state index in [9.17, 15) is 14.4 Å². The van der Waals surface area contributed by atoms with Crippen LogP contribution in [0.1, 0.15) is 36.9 Å². The number of aryl methyl sites for hydroxylation is 1. The average molecular weight is 550 g/mol. The van der Waals surface area contributed by atoms with Crippen molar-refractivity contribution in [3.05, 3.63) is 63.9 Å². The smallest absolute Gasteiger partial charge is 0.243 e. The van der Waals surface area contributed by atoms with Gasteiger partial charge in [0.05, 0.1) is 23.7 Å². The minimum atomic E-state index is -1.03. The fourth-order valence-electron chi connectivity index (χ4n) is 4.61. The third-order valence-electron chi connectivity index (χ3n) is 6.64. The quantitative estimate of drug-likeness (QED) is 0.244. The van der Waals surface area contributed by atoms with Crippen LogP contribution in [0.3, 0.4) is 0 Å². The van der Waals surface area contributed by atoms with Gasteiger partial charge in [0.1, 0.15) is 11.2 Å². The molecular formula is C26H34Cl2N6O3. The number of hydrogen-bond donors (Lipinski definition) is 3. The van der Waals surface area contributed by atoms with Gasteiger partial charge in [-0.1, -0.05) is 53.5 Å². The Balaban J connectivity index is 1.65. The fourth-order valence-corrected chi connectivity index (χ4v) is 4.89. The average Bonchev–Trinajstić information content (AvgIpc) is 3.32. The maximum Gasteiger partial charge on any atom is 0.243 e. The van der Waals surface area contributed by atoms with Crippen molar-refractivity contribution >= 4 is 41.4 Å². The van der Waals surface area contributed by atoms with Crippen molar-refractivity contribution in [2.45, 2.75) is 56.8 Å². The van der Waals surface area contributed by atoms with Crippen LogP contribution >= 0.6 is 23.2 Å². The predicted molar refractivity (Wildman–Crippen MR) is 144 cm³/mol. The number of pyridine rings is 1. The first-order chi connectivity index (χ1) is 17.8. The van der Waals surface area contributed by atoms with Crippen molar-refractivity contribution in [3.63, 3.8) is 0 Å². The van der Waals surface area contributed by atoms with E-state index in [1.54, 1.807) is 12.1 Å². The van der Waals surface area contributed by atoms with Gasteiger partial charge in [0.15, 0.2) is 0 Å². The zero-order valence-corrected chi connectivity index (χ0v) is 22.2. The van der Waals surface area contributed by atoms with Crippen molar-refractivity contribution in [1.82, 2.24) is 20.1 Å². The number of hydrogen-bond acceptors (Lipinski definition) is 6. The summed E-state index contributed by atoms with van der Waals surface area (Å²) in [6.07, 6.45) is 3.65. The van der Waals surface area contributed by atoms with Crippen LogP contribution in [0.4, 0.5) is 0 Å². The molecule has 200 valence electrons. The first-order valence-corrected chi connectivity index (χ1v) is 13.1. The SMILES string of the molecule is NC(=O)C[C@H](C(=O)NCc1ccc(Cl)c(Cl)n1)N(C=O)CCC(CCc1ccccc1)N1CCC(N)C1. The lowest BCUT2D eigenvalue weighted by atomic mass is 10.0. The first-order valence-electron chi connectivity index (χ1n) is 12.4. The van der Waals surface area contributed by atoms with E-state index < -0.39 is 17.9 Å². The Hall–Kier alpha value is -2.72. The molecule has 3 rings (SSSR count). The molecule has 1 saturated heterocycles. The van der Waals surface area contributed by atoms with Gasteiger partial charge >= 0.3 is 0 Å². The van der Waals surface area contributed by atoms with Gasteiger partial charge in [-0.15, -0.1) is 0 Å². The van der Waals surface area contributed by atoms with Gasteiger partial charge in [0.2, 0.25) is 18.2 Å². The summed E-state index contributed by atoms with van der Waals surface area (Å²) < 4.78 is 0. The number of benzene rings is 1. The molecule has 2 aromatic rings. The van der Waals surface area contributed by atoms with Crippen LogP contribution in [0.25, 0.3) is 0 Å². The lowest BCUT2D eigenvalue weighted by Gasteiger charge is -2.32. The summed E-state index contributed by atoms with van der Waals surface area (Å²) in [5.74, 6) is -1.17. The van der Waals surface area contributed by atoms with Crippen LogP contribution in [0.5, 0.6) is 0 Å². The molecule has 3 amide bonds. The van der Waals surface area contributed by atoms with E-state index in [2.05, 4.69) is 27.3 Å². The second-order valence-electron chi connectivity index (χ2n) is 9.33. The summed E-state index contributed by atoms with van der Waals surface area (Å²) in [6.45, 7) is 2.04. The predicted octanol–water partition coefficient (Wildman–Crippen LogP) is 2.13. The summed E-state index contributed by atoms with van der Waals surface area (Å²) in [5.41, 5.74) is 13.3. The molecular weight excluding hydrogens is 515 g/mol. The third kappa shape index (κ3) is 8.96. The molecule has 0 saturated carbocycles. The van der Waals surface area contributed by atoms with E-state index >= 15 is 0 Å².